The molecule has 0 radical (unpaired) electrons. The summed E-state index contributed by atoms with van der Waals surface area (Å²) in [5.74, 6) is 0.946. The Labute approximate surface area is 577 Å². The summed E-state index contributed by atoms with van der Waals surface area (Å²) >= 11 is 0. The van der Waals surface area contributed by atoms with E-state index in [1.54, 1.807) is 11.5 Å². The first-order valence-electron chi connectivity index (χ1n) is 33.9. The molecule has 32 heteroatoms. The number of quaternary nitrogens is 2. The van der Waals surface area contributed by atoms with E-state index in [1.807, 2.05) is 97.1 Å². The molecule has 25 nitrogen and oxygen atoms in total. The van der Waals surface area contributed by atoms with Gasteiger partial charge in [0.2, 0.25) is 0 Å². The molecule has 4 aromatic carbocycles. The fourth-order valence-electron chi connectivity index (χ4n) is 15.8. The second-order valence-electron chi connectivity index (χ2n) is 28.4. The molecule has 4 N–H and O–H groups in total. The molecule has 11 rings (SSSR count). The van der Waals surface area contributed by atoms with E-state index in [-0.39, 0.29) is 67.9 Å². The van der Waals surface area contributed by atoms with Crippen LogP contribution in [0.15, 0.2) is 117 Å². The molecule has 0 saturated carbocycles. The van der Waals surface area contributed by atoms with Crippen molar-refractivity contribution in [2.75, 3.05) is 75.4 Å². The van der Waals surface area contributed by atoms with Crippen molar-refractivity contribution in [3.8, 4) is 0 Å². The van der Waals surface area contributed by atoms with Crippen LogP contribution in [0.25, 0.3) is 21.5 Å². The number of unbranched alkanes of at least 4 members (excludes halogenated alkanes) is 3. The predicted octanol–water partition coefficient (Wildman–Crippen LogP) is 8.57. The van der Waals surface area contributed by atoms with Crippen molar-refractivity contribution in [1.29, 1.82) is 0 Å². The van der Waals surface area contributed by atoms with Gasteiger partial charge >= 0.3 is 569 Å². The van der Waals surface area contributed by atoms with Crippen LogP contribution >= 0.6 is 0 Å². The summed E-state index contributed by atoms with van der Waals surface area (Å²) in [5.41, 5.74) is 4.11. The number of aliphatic imine (C=N–C) groups is 2. The number of rotatable bonds is 37. The van der Waals surface area contributed by atoms with Crippen LogP contribution in [-0.2, 0) is 53.5 Å². The van der Waals surface area contributed by atoms with Gasteiger partial charge in [-0.25, -0.2) is 0 Å². The van der Waals surface area contributed by atoms with Gasteiger partial charge in [0.05, 0.1) is 0 Å². The number of Topliss-reactive ketones (excluding diaryl/α,β-unsaturated/α-hetero) is 1. The van der Waals surface area contributed by atoms with Crippen LogP contribution in [0.3, 0.4) is 0 Å². The summed E-state index contributed by atoms with van der Waals surface area (Å²) in [6.45, 7) is 15.5. The number of amidine groups is 4. The van der Waals surface area contributed by atoms with Gasteiger partial charge in [-0.15, -0.1) is 0 Å². The standard InChI is InChI=1S/C66H90N10O15S4Si3/c1-8-9-36-75(38-21-44-92(78,79)80,37-20-10-11-27-50(2)77)42-25-48-96(4,5)90-98(91-97(6,7)49-26-43-76(39-22-45-93(81,82)83,40-23-46-94(84,85)86)41-24-47-95(87,88)89)72-61-53-30-14-16-32-55(53)63(72)69-65-57-34-18-19-35-58(57)66(74(65)98)70-64-56-33-17-15-31-54(56)62(73(64)98)68-60-52-29-13-12-28-51(52)59(67-61)71(60)3/h12-19,28-35H,3,8-11,20-27,36-49H2,1-2,4-7H3,(H2-2,78,79,80,81,82,83,84,85,86,87,88,89)/p+2. The topological polar surface area (TPSA) is 318 Å². The normalized spacial score (nSPS) is 17.3. The predicted molar refractivity (Wildman–Crippen MR) is 386 cm³/mol. The van der Waals surface area contributed by atoms with E-state index in [2.05, 4.69) is 52.9 Å². The minimum atomic E-state index is -6.19. The SMILES string of the molecule is [CH2-][N+]1=C2N=c3c4ccccc4c4n3[Si-]3(O[Si](C)(C)CCC[N+](CCCC)(CCCCCC(C)=O)CCCS(=O)(=O)O)(O[Si](C)(C)CCC[N+](CCCS(=O)(=O)O)(CCCS(=O)(=O)O)CCCS(=O)(=O)O)n5c(c6ccccc6c5N=C5c6ccccc6C(=[N+]53)N=4)N=C1c1ccccc12. The van der Waals surface area contributed by atoms with Crippen molar-refractivity contribution in [3.05, 3.63) is 137 Å². The number of benzene rings is 4. The minimum absolute atomic E-state index is 0.0277. The van der Waals surface area contributed by atoms with Crippen molar-refractivity contribution in [1.82, 2.24) is 8.47 Å². The van der Waals surface area contributed by atoms with Crippen molar-refractivity contribution in [2.45, 2.75) is 129 Å². The molecule has 1 atom stereocenters. The molecule has 0 spiro atoms. The monoisotopic (exact) mass is 1480 g/mol. The van der Waals surface area contributed by atoms with Crippen molar-refractivity contribution in [3.63, 3.8) is 0 Å². The van der Waals surface area contributed by atoms with Gasteiger partial charge < -0.3 is 4.79 Å². The number of hydrogen-bond acceptors (Lipinski definition) is 15. The zero-order valence-corrected chi connectivity index (χ0v) is 63.0. The Bertz CT molecular complexity index is 4830. The Hall–Kier alpha value is -6.09. The maximum atomic E-state index is 12.4. The average molecular weight is 1480 g/mol. The molecular formula is C66H92N10O15S4Si3+2. The van der Waals surface area contributed by atoms with Crippen LogP contribution in [-0.4, -0.2) is 208 Å². The Morgan fingerprint density at radius 3 is 1.29 bits per heavy atom. The van der Waals surface area contributed by atoms with Gasteiger partial charge in [0, 0.05) is 0 Å². The van der Waals surface area contributed by atoms with Crippen LogP contribution in [0.1, 0.15) is 113 Å². The first kappa shape index (κ1) is 73.1. The van der Waals surface area contributed by atoms with Crippen LogP contribution in [0, 0.1) is 7.05 Å². The van der Waals surface area contributed by atoms with Crippen LogP contribution in [0.4, 0.5) is 11.6 Å². The third-order valence-corrected chi connectivity index (χ3v) is 37.1. The van der Waals surface area contributed by atoms with E-state index in [9.17, 15) is 56.7 Å². The molecule has 0 saturated heterocycles. The fourth-order valence-corrected chi connectivity index (χ4v) is 34.9. The van der Waals surface area contributed by atoms with Gasteiger partial charge in [-0.3, -0.25) is 0 Å². The van der Waals surface area contributed by atoms with Crippen LogP contribution in [0.2, 0.25) is 38.3 Å². The molecule has 98 heavy (non-hydrogen) atoms. The summed E-state index contributed by atoms with van der Waals surface area (Å²) in [6.07, 6.45) is 5.59. The Morgan fingerprint density at radius 2 is 0.847 bits per heavy atom. The second-order valence-corrected chi connectivity index (χ2v) is 47.6. The van der Waals surface area contributed by atoms with Gasteiger partial charge in [-0.05, 0) is 6.92 Å². The Balaban J connectivity index is 1.17. The molecule has 5 aliphatic rings. The van der Waals surface area contributed by atoms with Crippen molar-refractivity contribution >= 4 is 128 Å². The summed E-state index contributed by atoms with van der Waals surface area (Å²) in [7, 11) is -26.3. The molecule has 0 fully saturated rings. The average Bonchev–Trinajstić information content (AvgIpc) is 1.40. The quantitative estimate of drug-likeness (QED) is 0.00709. The summed E-state index contributed by atoms with van der Waals surface area (Å²) in [6, 6.07) is 32.8. The number of fused-ring (bicyclic) bond motifs is 13. The van der Waals surface area contributed by atoms with E-state index in [0.29, 0.717) is 94.9 Å². The number of nitrogens with zero attached hydrogens (tertiary/aromatic N) is 10. The summed E-state index contributed by atoms with van der Waals surface area (Å²) < 4.78 is 166. The Morgan fingerprint density at radius 1 is 0.480 bits per heavy atom. The molecule has 0 amide bonds. The van der Waals surface area contributed by atoms with Gasteiger partial charge in [0.1, 0.15) is 0 Å². The van der Waals surface area contributed by atoms with Crippen LogP contribution < -0.4 is 11.0 Å². The van der Waals surface area contributed by atoms with Gasteiger partial charge in [-0.2, -0.15) is 0 Å². The molecule has 6 aromatic rings. The summed E-state index contributed by atoms with van der Waals surface area (Å²) in [4.78, 5) is 35.4. The number of aromatic nitrogens is 2. The molecular weight excluding hydrogens is 1390 g/mol. The number of carbonyl (C=O) groups excluding carboxylic acids is 1. The number of carbonyl (C=O) groups is 1. The van der Waals surface area contributed by atoms with Gasteiger partial charge in [-0.1, -0.05) is 0 Å². The number of hydrogen-bond donors (Lipinski definition) is 4. The molecule has 5 aliphatic heterocycles. The Kier molecular flexibility index (Phi) is 20.7. The molecule has 2 aromatic heterocycles. The van der Waals surface area contributed by atoms with E-state index in [4.69, 9.17) is 28.2 Å². The van der Waals surface area contributed by atoms with E-state index < -0.39 is 82.7 Å². The third kappa shape index (κ3) is 15.0. The van der Waals surface area contributed by atoms with Gasteiger partial charge in [0.25, 0.3) is 0 Å². The second kappa shape index (κ2) is 27.7. The van der Waals surface area contributed by atoms with Crippen LogP contribution in [0.5, 0.6) is 0 Å². The van der Waals surface area contributed by atoms with E-state index in [0.717, 1.165) is 89.0 Å². The third-order valence-electron chi connectivity index (χ3n) is 19.9. The van der Waals surface area contributed by atoms with E-state index >= 15 is 0 Å². The van der Waals surface area contributed by atoms with Crippen molar-refractivity contribution < 1.29 is 82.7 Å². The van der Waals surface area contributed by atoms with E-state index in [1.165, 1.54) is 0 Å². The maximum absolute atomic E-state index is 12.4. The van der Waals surface area contributed by atoms with Crippen molar-refractivity contribution in [2.24, 2.45) is 20.0 Å². The zero-order chi connectivity index (χ0) is 70.5. The molecule has 530 valence electrons. The molecule has 1 unspecified atom stereocenters. The zero-order valence-electron chi connectivity index (χ0n) is 56.7. The van der Waals surface area contributed by atoms with Gasteiger partial charge in [0.15, 0.2) is 0 Å². The fraction of sp³-hybridized carbons (Fsp3) is 0.485. The molecule has 0 aliphatic carbocycles. The molecule has 7 heterocycles. The number of ketones is 1. The first-order chi connectivity index (χ1) is 46.1. The summed E-state index contributed by atoms with van der Waals surface area (Å²) in [5, 5.41) is 2.99. The first-order valence-corrected chi connectivity index (χ1v) is 48.7. The molecule has 2 bridgehead atoms.